The molecular formula is C12H15BrN2O2. The molecule has 92 valence electrons. The average Bonchev–Trinajstić information content (AvgIpc) is 2.68. The predicted molar refractivity (Wildman–Crippen MR) is 70.3 cm³/mol. The van der Waals surface area contributed by atoms with Gasteiger partial charge in [0.15, 0.2) is 0 Å². The van der Waals surface area contributed by atoms with Crippen molar-refractivity contribution in [1.82, 2.24) is 5.32 Å². The summed E-state index contributed by atoms with van der Waals surface area (Å²) in [6.45, 7) is 1.33. The quantitative estimate of drug-likeness (QED) is 0.928. The molecule has 17 heavy (non-hydrogen) atoms. The zero-order chi connectivity index (χ0) is 12.3. The maximum Gasteiger partial charge on any atom is 0.414 e. The molecule has 1 aliphatic rings. The molecule has 1 N–H and O–H groups in total. The number of cyclic esters (lactones) is 1. The zero-order valence-electron chi connectivity index (χ0n) is 9.65. The van der Waals surface area contributed by atoms with Gasteiger partial charge in [0.2, 0.25) is 0 Å². The second-order valence-corrected chi connectivity index (χ2v) is 4.89. The van der Waals surface area contributed by atoms with Crippen LogP contribution in [0.3, 0.4) is 0 Å². The molecule has 1 amide bonds. The number of nitrogens with zero attached hydrogens (tertiary/aromatic N) is 1. The van der Waals surface area contributed by atoms with Crippen molar-refractivity contribution >= 4 is 27.7 Å². The Balaban J connectivity index is 2.18. The SMILES string of the molecule is CNCCC1COC(=O)N1c1cccc(Br)c1. The number of carbonyl (C=O) groups excluding carboxylic acids is 1. The van der Waals surface area contributed by atoms with Crippen LogP contribution in [0, 0.1) is 0 Å². The second kappa shape index (κ2) is 5.51. The largest absolute Gasteiger partial charge is 0.447 e. The first-order chi connectivity index (χ1) is 8.22. The summed E-state index contributed by atoms with van der Waals surface area (Å²) in [5.41, 5.74) is 0.878. The highest BCUT2D eigenvalue weighted by molar-refractivity contribution is 9.10. The van der Waals surface area contributed by atoms with Crippen molar-refractivity contribution in [2.75, 3.05) is 25.1 Å². The maximum absolute atomic E-state index is 11.7. The molecule has 1 aliphatic heterocycles. The van der Waals surface area contributed by atoms with E-state index in [0.29, 0.717) is 6.61 Å². The molecule has 0 aromatic heterocycles. The molecule has 0 aliphatic carbocycles. The van der Waals surface area contributed by atoms with Crippen molar-refractivity contribution < 1.29 is 9.53 Å². The van der Waals surface area contributed by atoms with Crippen LogP contribution in [0.25, 0.3) is 0 Å². The smallest absolute Gasteiger partial charge is 0.414 e. The number of benzene rings is 1. The monoisotopic (exact) mass is 298 g/mol. The van der Waals surface area contributed by atoms with E-state index in [9.17, 15) is 4.79 Å². The Morgan fingerprint density at radius 3 is 3.12 bits per heavy atom. The van der Waals surface area contributed by atoms with Crippen LogP contribution < -0.4 is 10.2 Å². The molecule has 0 saturated carbocycles. The molecule has 1 saturated heterocycles. The van der Waals surface area contributed by atoms with Gasteiger partial charge >= 0.3 is 6.09 Å². The van der Waals surface area contributed by atoms with Crippen molar-refractivity contribution in [2.24, 2.45) is 0 Å². The highest BCUT2D eigenvalue weighted by Crippen LogP contribution is 2.26. The predicted octanol–water partition coefficient (Wildman–Crippen LogP) is 2.38. The third-order valence-corrected chi connectivity index (χ3v) is 3.27. The molecule has 0 radical (unpaired) electrons. The van der Waals surface area contributed by atoms with Crippen molar-refractivity contribution in [3.05, 3.63) is 28.7 Å². The molecule has 0 bridgehead atoms. The van der Waals surface area contributed by atoms with Crippen molar-refractivity contribution in [3.63, 3.8) is 0 Å². The van der Waals surface area contributed by atoms with Crippen LogP contribution in [0.15, 0.2) is 28.7 Å². The Morgan fingerprint density at radius 2 is 2.41 bits per heavy atom. The summed E-state index contributed by atoms with van der Waals surface area (Å²) in [5.74, 6) is 0. The summed E-state index contributed by atoms with van der Waals surface area (Å²) in [7, 11) is 1.90. The molecule has 5 heteroatoms. The fourth-order valence-corrected chi connectivity index (χ4v) is 2.31. The molecule has 1 aromatic rings. The number of nitrogens with one attached hydrogen (secondary N) is 1. The molecule has 2 rings (SSSR count). The van der Waals surface area contributed by atoms with Gasteiger partial charge in [-0.2, -0.15) is 0 Å². The molecule has 1 atom stereocenters. The third-order valence-electron chi connectivity index (χ3n) is 2.77. The number of anilines is 1. The highest BCUT2D eigenvalue weighted by atomic mass is 79.9. The highest BCUT2D eigenvalue weighted by Gasteiger charge is 2.33. The normalized spacial score (nSPS) is 19.5. The summed E-state index contributed by atoms with van der Waals surface area (Å²) in [4.78, 5) is 13.5. The number of rotatable bonds is 4. The van der Waals surface area contributed by atoms with Gasteiger partial charge in [-0.3, -0.25) is 4.90 Å². The Kier molecular flexibility index (Phi) is 4.02. The summed E-state index contributed by atoms with van der Waals surface area (Å²) in [6, 6.07) is 7.82. The van der Waals surface area contributed by atoms with E-state index in [2.05, 4.69) is 21.2 Å². The van der Waals surface area contributed by atoms with Crippen LogP contribution in [-0.4, -0.2) is 32.3 Å². The molecule has 1 aromatic carbocycles. The lowest BCUT2D eigenvalue weighted by molar-refractivity contribution is 0.178. The van der Waals surface area contributed by atoms with Crippen LogP contribution in [0.5, 0.6) is 0 Å². The molecule has 1 heterocycles. The van der Waals surface area contributed by atoms with E-state index >= 15 is 0 Å². The van der Waals surface area contributed by atoms with Gasteiger partial charge in [0.05, 0.1) is 6.04 Å². The van der Waals surface area contributed by atoms with Crippen molar-refractivity contribution in [1.29, 1.82) is 0 Å². The van der Waals surface area contributed by atoms with E-state index in [1.165, 1.54) is 0 Å². The third kappa shape index (κ3) is 2.79. The standard InChI is InChI=1S/C12H15BrN2O2/c1-14-6-5-11-8-17-12(16)15(11)10-4-2-3-9(13)7-10/h2-4,7,11,14H,5-6,8H2,1H3. The summed E-state index contributed by atoms with van der Waals surface area (Å²) in [5, 5.41) is 3.09. The van der Waals surface area contributed by atoms with E-state index < -0.39 is 0 Å². The molecule has 0 spiro atoms. The lowest BCUT2D eigenvalue weighted by Crippen LogP contribution is -2.35. The Morgan fingerprint density at radius 1 is 1.59 bits per heavy atom. The van der Waals surface area contributed by atoms with E-state index in [0.717, 1.165) is 23.1 Å². The fraction of sp³-hybridized carbons (Fsp3) is 0.417. The minimum atomic E-state index is -0.260. The topological polar surface area (TPSA) is 41.6 Å². The number of carbonyl (C=O) groups is 1. The number of hydrogen-bond acceptors (Lipinski definition) is 3. The molecular weight excluding hydrogens is 284 g/mol. The minimum Gasteiger partial charge on any atom is -0.447 e. The van der Waals surface area contributed by atoms with E-state index in [1.54, 1.807) is 4.90 Å². The van der Waals surface area contributed by atoms with Crippen molar-refractivity contribution in [3.8, 4) is 0 Å². The van der Waals surface area contributed by atoms with E-state index in [4.69, 9.17) is 4.74 Å². The van der Waals surface area contributed by atoms with Crippen molar-refractivity contribution in [2.45, 2.75) is 12.5 Å². The van der Waals surface area contributed by atoms with E-state index in [1.807, 2.05) is 31.3 Å². The fourth-order valence-electron chi connectivity index (χ4n) is 1.93. The summed E-state index contributed by atoms with van der Waals surface area (Å²) >= 11 is 3.41. The van der Waals surface area contributed by atoms with E-state index in [-0.39, 0.29) is 12.1 Å². The first-order valence-corrected chi connectivity index (χ1v) is 6.38. The average molecular weight is 299 g/mol. The van der Waals surface area contributed by atoms with Crippen LogP contribution in [-0.2, 0) is 4.74 Å². The molecule has 1 unspecified atom stereocenters. The van der Waals surface area contributed by atoms with Gasteiger partial charge in [0.25, 0.3) is 0 Å². The van der Waals surface area contributed by atoms with Crippen LogP contribution >= 0.6 is 15.9 Å². The lowest BCUT2D eigenvalue weighted by Gasteiger charge is -2.21. The van der Waals surface area contributed by atoms with Gasteiger partial charge in [-0.05, 0) is 38.2 Å². The number of ether oxygens (including phenoxy) is 1. The number of halogens is 1. The van der Waals surface area contributed by atoms with Crippen LogP contribution in [0.1, 0.15) is 6.42 Å². The van der Waals surface area contributed by atoms with Gasteiger partial charge < -0.3 is 10.1 Å². The Bertz CT molecular complexity index is 411. The van der Waals surface area contributed by atoms with Gasteiger partial charge in [0, 0.05) is 10.2 Å². The van der Waals surface area contributed by atoms with Crippen LogP contribution in [0.2, 0.25) is 0 Å². The van der Waals surface area contributed by atoms with Gasteiger partial charge in [-0.1, -0.05) is 22.0 Å². The molecule has 4 nitrogen and oxygen atoms in total. The first kappa shape index (κ1) is 12.4. The minimum absolute atomic E-state index is 0.115. The Labute approximate surface area is 109 Å². The summed E-state index contributed by atoms with van der Waals surface area (Å²) in [6.07, 6.45) is 0.624. The zero-order valence-corrected chi connectivity index (χ0v) is 11.2. The summed E-state index contributed by atoms with van der Waals surface area (Å²) < 4.78 is 6.07. The number of amides is 1. The molecule has 1 fully saturated rings. The van der Waals surface area contributed by atoms with Crippen LogP contribution in [0.4, 0.5) is 10.5 Å². The van der Waals surface area contributed by atoms with Gasteiger partial charge in [-0.15, -0.1) is 0 Å². The Hall–Kier alpha value is -1.07. The lowest BCUT2D eigenvalue weighted by atomic mass is 10.2. The van der Waals surface area contributed by atoms with Gasteiger partial charge in [-0.25, -0.2) is 4.79 Å². The van der Waals surface area contributed by atoms with Gasteiger partial charge in [0.1, 0.15) is 6.61 Å². The number of hydrogen-bond donors (Lipinski definition) is 1. The second-order valence-electron chi connectivity index (χ2n) is 3.97. The maximum atomic E-state index is 11.7. The first-order valence-electron chi connectivity index (χ1n) is 5.58.